The van der Waals surface area contributed by atoms with Gasteiger partial charge in [0, 0.05) is 13.9 Å². The van der Waals surface area contributed by atoms with Gasteiger partial charge < -0.3 is 0 Å². The van der Waals surface area contributed by atoms with Crippen LogP contribution in [-0.2, 0) is 5.88 Å². The Morgan fingerprint density at radius 3 is 2.73 bits per heavy atom. The van der Waals surface area contributed by atoms with E-state index in [-0.39, 0.29) is 0 Å². The van der Waals surface area contributed by atoms with Crippen LogP contribution in [0.3, 0.4) is 0 Å². The largest absolute Gasteiger partial charge is 0.122 e. The van der Waals surface area contributed by atoms with Crippen LogP contribution >= 0.6 is 50.1 Å². The number of aryl methyl sites for hydroxylation is 1. The zero-order valence-corrected chi connectivity index (χ0v) is 10.5. The van der Waals surface area contributed by atoms with E-state index in [1.807, 2.05) is 0 Å². The SMILES string of the molecule is Cc1ccc(CCl)c(I)c1Br. The van der Waals surface area contributed by atoms with Gasteiger partial charge >= 0.3 is 0 Å². The number of hydrogen-bond donors (Lipinski definition) is 0. The molecule has 0 fully saturated rings. The lowest BCUT2D eigenvalue weighted by molar-refractivity contribution is 1.30. The molecule has 3 heteroatoms. The third kappa shape index (κ3) is 2.10. The van der Waals surface area contributed by atoms with E-state index in [0.29, 0.717) is 5.88 Å². The maximum absolute atomic E-state index is 5.73. The van der Waals surface area contributed by atoms with E-state index in [1.165, 1.54) is 14.7 Å². The van der Waals surface area contributed by atoms with Crippen molar-refractivity contribution in [3.05, 3.63) is 31.3 Å². The van der Waals surface area contributed by atoms with Crippen molar-refractivity contribution >= 4 is 50.1 Å². The molecule has 0 nitrogen and oxygen atoms in total. The number of rotatable bonds is 1. The second-order valence-electron chi connectivity index (χ2n) is 2.30. The Morgan fingerprint density at radius 2 is 2.18 bits per heavy atom. The zero-order chi connectivity index (χ0) is 8.43. The minimum atomic E-state index is 0.581. The van der Waals surface area contributed by atoms with Crippen LogP contribution in [0.4, 0.5) is 0 Å². The molecule has 1 aromatic rings. The predicted molar refractivity (Wildman–Crippen MR) is 61.2 cm³/mol. The topological polar surface area (TPSA) is 0 Å². The van der Waals surface area contributed by atoms with E-state index in [0.717, 1.165) is 4.47 Å². The van der Waals surface area contributed by atoms with Crippen LogP contribution in [0.25, 0.3) is 0 Å². The lowest BCUT2D eigenvalue weighted by Gasteiger charge is -2.04. The first-order chi connectivity index (χ1) is 5.16. The molecule has 60 valence electrons. The molecule has 0 atom stereocenters. The highest BCUT2D eigenvalue weighted by atomic mass is 127. The third-order valence-corrected chi connectivity index (χ3v) is 4.78. The number of halogens is 3. The van der Waals surface area contributed by atoms with Gasteiger partial charge in [0.15, 0.2) is 0 Å². The van der Waals surface area contributed by atoms with Gasteiger partial charge in [0.2, 0.25) is 0 Å². The van der Waals surface area contributed by atoms with Crippen LogP contribution in [0, 0.1) is 10.5 Å². The average molecular weight is 345 g/mol. The van der Waals surface area contributed by atoms with Crippen LogP contribution in [0.5, 0.6) is 0 Å². The van der Waals surface area contributed by atoms with Crippen LogP contribution in [0.2, 0.25) is 0 Å². The molecule has 11 heavy (non-hydrogen) atoms. The van der Waals surface area contributed by atoms with E-state index in [2.05, 4.69) is 57.6 Å². The lowest BCUT2D eigenvalue weighted by Crippen LogP contribution is -1.88. The fraction of sp³-hybridized carbons (Fsp3) is 0.250. The smallest absolute Gasteiger partial charge is 0.0484 e. The molecule has 0 aromatic heterocycles. The van der Waals surface area contributed by atoms with Crippen molar-refractivity contribution in [3.63, 3.8) is 0 Å². The van der Waals surface area contributed by atoms with Crippen molar-refractivity contribution in [3.8, 4) is 0 Å². The number of hydrogen-bond acceptors (Lipinski definition) is 0. The summed E-state index contributed by atoms with van der Waals surface area (Å²) in [6.45, 7) is 2.07. The summed E-state index contributed by atoms with van der Waals surface area (Å²) in [4.78, 5) is 0. The van der Waals surface area contributed by atoms with Gasteiger partial charge in [-0.1, -0.05) is 12.1 Å². The Hall–Kier alpha value is 0.720. The highest BCUT2D eigenvalue weighted by molar-refractivity contribution is 14.1. The van der Waals surface area contributed by atoms with Gasteiger partial charge in [-0.05, 0) is 56.6 Å². The average Bonchev–Trinajstić information content (AvgIpc) is 2.01. The molecule has 1 rings (SSSR count). The van der Waals surface area contributed by atoms with E-state index in [1.54, 1.807) is 0 Å². The van der Waals surface area contributed by atoms with Gasteiger partial charge in [-0.3, -0.25) is 0 Å². The number of alkyl halides is 1. The van der Waals surface area contributed by atoms with Crippen molar-refractivity contribution < 1.29 is 0 Å². The predicted octanol–water partition coefficient (Wildman–Crippen LogP) is 4.10. The lowest BCUT2D eigenvalue weighted by atomic mass is 10.2. The van der Waals surface area contributed by atoms with Crippen LogP contribution in [-0.4, -0.2) is 0 Å². The quantitative estimate of drug-likeness (QED) is 0.531. The Balaban J connectivity index is 3.25. The van der Waals surface area contributed by atoms with Gasteiger partial charge in [0.25, 0.3) is 0 Å². The van der Waals surface area contributed by atoms with Gasteiger partial charge in [-0.15, -0.1) is 11.6 Å². The summed E-state index contributed by atoms with van der Waals surface area (Å²) in [7, 11) is 0. The van der Waals surface area contributed by atoms with Crippen LogP contribution in [0.15, 0.2) is 16.6 Å². The fourth-order valence-corrected chi connectivity index (χ4v) is 2.42. The number of benzene rings is 1. The molecule has 0 bridgehead atoms. The van der Waals surface area contributed by atoms with Crippen molar-refractivity contribution in [2.75, 3.05) is 0 Å². The minimum Gasteiger partial charge on any atom is -0.122 e. The van der Waals surface area contributed by atoms with Crippen LogP contribution in [0.1, 0.15) is 11.1 Å². The summed E-state index contributed by atoms with van der Waals surface area (Å²) in [5.74, 6) is 0.581. The van der Waals surface area contributed by atoms with E-state index in [9.17, 15) is 0 Å². The van der Waals surface area contributed by atoms with E-state index >= 15 is 0 Å². The Bertz CT molecular complexity index is 273. The molecular formula is C8H7BrClI. The van der Waals surface area contributed by atoms with Gasteiger partial charge in [-0.2, -0.15) is 0 Å². The second kappa shape index (κ2) is 4.10. The van der Waals surface area contributed by atoms with Gasteiger partial charge in [0.1, 0.15) is 0 Å². The summed E-state index contributed by atoms with van der Waals surface area (Å²) in [5.41, 5.74) is 2.44. The molecule has 0 aliphatic heterocycles. The summed E-state index contributed by atoms with van der Waals surface area (Å²) in [6.07, 6.45) is 0. The Kier molecular flexibility index (Phi) is 3.65. The highest BCUT2D eigenvalue weighted by Gasteiger charge is 2.04. The van der Waals surface area contributed by atoms with Crippen molar-refractivity contribution in [2.45, 2.75) is 12.8 Å². The molecule has 0 unspecified atom stereocenters. The molecule has 0 aliphatic carbocycles. The van der Waals surface area contributed by atoms with Crippen molar-refractivity contribution in [2.24, 2.45) is 0 Å². The molecule has 0 radical (unpaired) electrons. The fourth-order valence-electron chi connectivity index (χ4n) is 0.789. The molecule has 0 saturated heterocycles. The Labute approximate surface area is 93.6 Å². The standard InChI is InChI=1S/C8H7BrClI/c1-5-2-3-6(4-10)8(11)7(5)9/h2-3H,4H2,1H3. The summed E-state index contributed by atoms with van der Waals surface area (Å²) < 4.78 is 2.38. The Morgan fingerprint density at radius 1 is 1.55 bits per heavy atom. The molecular weight excluding hydrogens is 338 g/mol. The molecule has 0 saturated carbocycles. The van der Waals surface area contributed by atoms with Crippen LogP contribution < -0.4 is 0 Å². The molecule has 0 spiro atoms. The molecule has 0 N–H and O–H groups in total. The normalized spacial score (nSPS) is 10.2. The minimum absolute atomic E-state index is 0.581. The van der Waals surface area contributed by atoms with E-state index < -0.39 is 0 Å². The van der Waals surface area contributed by atoms with Gasteiger partial charge in [-0.25, -0.2) is 0 Å². The summed E-state index contributed by atoms with van der Waals surface area (Å²) in [6, 6.07) is 4.14. The second-order valence-corrected chi connectivity index (χ2v) is 4.44. The third-order valence-electron chi connectivity index (χ3n) is 1.50. The van der Waals surface area contributed by atoms with Gasteiger partial charge in [0.05, 0.1) is 0 Å². The van der Waals surface area contributed by atoms with Crippen molar-refractivity contribution in [1.82, 2.24) is 0 Å². The maximum atomic E-state index is 5.73. The molecule has 1 aromatic carbocycles. The zero-order valence-electron chi connectivity index (χ0n) is 6.00. The molecule has 0 amide bonds. The summed E-state index contributed by atoms with van der Waals surface area (Å²) in [5, 5.41) is 0. The summed E-state index contributed by atoms with van der Waals surface area (Å²) >= 11 is 11.5. The van der Waals surface area contributed by atoms with E-state index in [4.69, 9.17) is 11.6 Å². The first-order valence-corrected chi connectivity index (χ1v) is 5.57. The van der Waals surface area contributed by atoms with Crippen molar-refractivity contribution in [1.29, 1.82) is 0 Å². The maximum Gasteiger partial charge on any atom is 0.0484 e. The highest BCUT2D eigenvalue weighted by Crippen LogP contribution is 2.26. The first kappa shape index (κ1) is 9.81. The monoisotopic (exact) mass is 344 g/mol. The molecule has 0 aliphatic rings. The molecule has 0 heterocycles. The first-order valence-electron chi connectivity index (χ1n) is 3.16.